The van der Waals surface area contributed by atoms with Crippen LogP contribution in [0.4, 0.5) is 14.5 Å². The molecule has 0 aromatic heterocycles. The molecular formula is C8H10ClF2N. The molecule has 0 aliphatic rings. The molecule has 1 rings (SSSR count). The van der Waals surface area contributed by atoms with E-state index in [1.807, 2.05) is 6.07 Å². The van der Waals surface area contributed by atoms with Crippen molar-refractivity contribution in [2.75, 3.05) is 11.9 Å². The van der Waals surface area contributed by atoms with Gasteiger partial charge in [-0.15, -0.1) is 12.4 Å². The fourth-order valence-electron chi connectivity index (χ4n) is 0.751. The van der Waals surface area contributed by atoms with E-state index in [9.17, 15) is 8.78 Å². The van der Waals surface area contributed by atoms with Crippen LogP contribution in [-0.2, 0) is 0 Å². The van der Waals surface area contributed by atoms with Crippen molar-refractivity contribution in [3.8, 4) is 0 Å². The highest BCUT2D eigenvalue weighted by Crippen LogP contribution is 2.05. The first-order chi connectivity index (χ1) is 5.29. The average molecular weight is 194 g/mol. The highest BCUT2D eigenvalue weighted by atomic mass is 35.5. The van der Waals surface area contributed by atoms with Gasteiger partial charge in [-0.1, -0.05) is 18.2 Å². The number of rotatable bonds is 3. The van der Waals surface area contributed by atoms with Gasteiger partial charge in [0.05, 0.1) is 6.54 Å². The quantitative estimate of drug-likeness (QED) is 0.779. The Kier molecular flexibility index (Phi) is 5.37. The Morgan fingerprint density at radius 3 is 2.25 bits per heavy atom. The van der Waals surface area contributed by atoms with Crippen molar-refractivity contribution in [1.82, 2.24) is 0 Å². The lowest BCUT2D eigenvalue weighted by molar-refractivity contribution is 0.163. The normalized spacial score (nSPS) is 9.25. The molecule has 0 heterocycles. The first-order valence-electron chi connectivity index (χ1n) is 3.36. The van der Waals surface area contributed by atoms with Crippen molar-refractivity contribution in [1.29, 1.82) is 0 Å². The summed E-state index contributed by atoms with van der Waals surface area (Å²) in [6.07, 6.45) is -2.30. The van der Waals surface area contributed by atoms with E-state index in [2.05, 4.69) is 5.32 Å². The van der Waals surface area contributed by atoms with Gasteiger partial charge < -0.3 is 5.32 Å². The number of nitrogens with one attached hydrogen (secondary N) is 1. The molecule has 12 heavy (non-hydrogen) atoms. The SMILES string of the molecule is Cl.FC(F)CNc1ccccc1. The van der Waals surface area contributed by atoms with Crippen LogP contribution in [0.15, 0.2) is 30.3 Å². The van der Waals surface area contributed by atoms with Gasteiger partial charge in [-0.05, 0) is 12.1 Å². The Bertz CT molecular complexity index is 203. The van der Waals surface area contributed by atoms with Crippen LogP contribution in [0.25, 0.3) is 0 Å². The fraction of sp³-hybridized carbons (Fsp3) is 0.250. The van der Waals surface area contributed by atoms with Gasteiger partial charge >= 0.3 is 0 Å². The van der Waals surface area contributed by atoms with E-state index in [0.717, 1.165) is 5.69 Å². The molecule has 0 aliphatic carbocycles. The summed E-state index contributed by atoms with van der Waals surface area (Å²) >= 11 is 0. The summed E-state index contributed by atoms with van der Waals surface area (Å²) in [5, 5.41) is 2.59. The van der Waals surface area contributed by atoms with Crippen LogP contribution in [0.2, 0.25) is 0 Å². The van der Waals surface area contributed by atoms with Crippen molar-refractivity contribution >= 4 is 18.1 Å². The van der Waals surface area contributed by atoms with Gasteiger partial charge in [0.25, 0.3) is 6.43 Å². The van der Waals surface area contributed by atoms with Gasteiger partial charge in [-0.25, -0.2) is 8.78 Å². The Morgan fingerprint density at radius 1 is 1.17 bits per heavy atom. The Labute approximate surface area is 76.2 Å². The minimum Gasteiger partial charge on any atom is -0.379 e. The number of hydrogen-bond donors (Lipinski definition) is 1. The van der Waals surface area contributed by atoms with Gasteiger partial charge in [0.1, 0.15) is 0 Å². The summed E-state index contributed by atoms with van der Waals surface area (Å²) < 4.78 is 23.3. The zero-order valence-corrected chi connectivity index (χ0v) is 7.15. The van der Waals surface area contributed by atoms with Crippen molar-refractivity contribution in [3.63, 3.8) is 0 Å². The summed E-state index contributed by atoms with van der Waals surface area (Å²) in [6.45, 7) is -0.288. The molecule has 1 N–H and O–H groups in total. The smallest absolute Gasteiger partial charge is 0.255 e. The molecule has 0 unspecified atom stereocenters. The zero-order chi connectivity index (χ0) is 8.10. The number of hydrogen-bond acceptors (Lipinski definition) is 1. The maximum absolute atomic E-state index is 11.7. The number of halogens is 3. The summed E-state index contributed by atoms with van der Waals surface area (Å²) in [5.41, 5.74) is 0.729. The lowest BCUT2D eigenvalue weighted by Crippen LogP contribution is -2.09. The fourth-order valence-corrected chi connectivity index (χ4v) is 0.751. The number of benzene rings is 1. The van der Waals surface area contributed by atoms with Crippen LogP contribution < -0.4 is 5.32 Å². The molecule has 0 saturated heterocycles. The van der Waals surface area contributed by atoms with Crippen molar-refractivity contribution in [2.24, 2.45) is 0 Å². The minimum atomic E-state index is -2.30. The third kappa shape index (κ3) is 4.13. The first-order valence-corrected chi connectivity index (χ1v) is 3.36. The van der Waals surface area contributed by atoms with Gasteiger partial charge in [-0.2, -0.15) is 0 Å². The van der Waals surface area contributed by atoms with E-state index in [-0.39, 0.29) is 19.0 Å². The van der Waals surface area contributed by atoms with Crippen LogP contribution in [0.5, 0.6) is 0 Å². The summed E-state index contributed by atoms with van der Waals surface area (Å²) in [5.74, 6) is 0. The molecule has 0 spiro atoms. The van der Waals surface area contributed by atoms with Gasteiger partial charge in [0.15, 0.2) is 0 Å². The first kappa shape index (κ1) is 11.2. The predicted octanol–water partition coefficient (Wildman–Crippen LogP) is 2.79. The molecule has 4 heteroatoms. The maximum Gasteiger partial charge on any atom is 0.255 e. The van der Waals surface area contributed by atoms with E-state index >= 15 is 0 Å². The van der Waals surface area contributed by atoms with E-state index in [0.29, 0.717) is 0 Å². The molecular weight excluding hydrogens is 184 g/mol. The predicted molar refractivity (Wildman–Crippen MR) is 48.2 cm³/mol. The molecule has 1 aromatic carbocycles. The lowest BCUT2D eigenvalue weighted by Gasteiger charge is -2.03. The third-order valence-electron chi connectivity index (χ3n) is 1.23. The molecule has 0 radical (unpaired) electrons. The van der Waals surface area contributed by atoms with Crippen LogP contribution in [-0.4, -0.2) is 13.0 Å². The Balaban J connectivity index is 0.00000121. The topological polar surface area (TPSA) is 12.0 Å². The molecule has 0 fully saturated rings. The van der Waals surface area contributed by atoms with Crippen LogP contribution in [0.1, 0.15) is 0 Å². The molecule has 0 saturated carbocycles. The second kappa shape index (κ2) is 5.77. The van der Waals surface area contributed by atoms with Crippen molar-refractivity contribution in [3.05, 3.63) is 30.3 Å². The number of alkyl halides is 2. The second-order valence-electron chi connectivity index (χ2n) is 2.14. The molecule has 1 nitrogen and oxygen atoms in total. The van der Waals surface area contributed by atoms with Crippen LogP contribution in [0, 0.1) is 0 Å². The number of para-hydroxylation sites is 1. The molecule has 1 aromatic rings. The largest absolute Gasteiger partial charge is 0.379 e. The van der Waals surface area contributed by atoms with Crippen LogP contribution >= 0.6 is 12.4 Å². The third-order valence-corrected chi connectivity index (χ3v) is 1.23. The molecule has 0 aliphatic heterocycles. The summed E-state index contributed by atoms with van der Waals surface area (Å²) in [7, 11) is 0. The zero-order valence-electron chi connectivity index (χ0n) is 6.34. The molecule has 0 atom stereocenters. The average Bonchev–Trinajstić information content (AvgIpc) is 2.03. The van der Waals surface area contributed by atoms with Gasteiger partial charge in [0, 0.05) is 5.69 Å². The number of anilines is 1. The molecule has 0 amide bonds. The van der Waals surface area contributed by atoms with E-state index in [1.54, 1.807) is 24.3 Å². The minimum absolute atomic E-state index is 0. The highest BCUT2D eigenvalue weighted by molar-refractivity contribution is 5.85. The highest BCUT2D eigenvalue weighted by Gasteiger charge is 1.99. The standard InChI is InChI=1S/C8H9F2N.ClH/c9-8(10)6-11-7-4-2-1-3-5-7;/h1-5,8,11H,6H2;1H. The lowest BCUT2D eigenvalue weighted by atomic mass is 10.3. The van der Waals surface area contributed by atoms with Crippen molar-refractivity contribution < 1.29 is 8.78 Å². The Morgan fingerprint density at radius 2 is 1.75 bits per heavy atom. The molecule has 68 valence electrons. The van der Waals surface area contributed by atoms with Gasteiger partial charge in [-0.3, -0.25) is 0 Å². The van der Waals surface area contributed by atoms with Gasteiger partial charge in [0.2, 0.25) is 0 Å². The van der Waals surface area contributed by atoms with E-state index in [1.165, 1.54) is 0 Å². The monoisotopic (exact) mass is 193 g/mol. The van der Waals surface area contributed by atoms with E-state index < -0.39 is 6.43 Å². The molecule has 0 bridgehead atoms. The van der Waals surface area contributed by atoms with E-state index in [4.69, 9.17) is 0 Å². The summed E-state index contributed by atoms with van der Waals surface area (Å²) in [6, 6.07) is 8.94. The van der Waals surface area contributed by atoms with Crippen molar-refractivity contribution in [2.45, 2.75) is 6.43 Å². The van der Waals surface area contributed by atoms with Crippen LogP contribution in [0.3, 0.4) is 0 Å². The Hall–Kier alpha value is -0.830. The summed E-state index contributed by atoms with van der Waals surface area (Å²) in [4.78, 5) is 0. The second-order valence-corrected chi connectivity index (χ2v) is 2.14. The maximum atomic E-state index is 11.7.